The Morgan fingerprint density at radius 2 is 2.05 bits per heavy atom. The first kappa shape index (κ1) is 14.7. The fourth-order valence-electron chi connectivity index (χ4n) is 2.15. The van der Waals surface area contributed by atoms with E-state index in [1.165, 1.54) is 0 Å². The molecule has 22 heavy (non-hydrogen) atoms. The molecular formula is C16H17N3O2S. The Balaban J connectivity index is 1.76. The van der Waals surface area contributed by atoms with E-state index in [0.717, 1.165) is 44.7 Å². The summed E-state index contributed by atoms with van der Waals surface area (Å²) in [6.07, 6.45) is 1.83. The van der Waals surface area contributed by atoms with Gasteiger partial charge in [-0.3, -0.25) is 4.98 Å². The number of ether oxygens (including phenoxy) is 2. The summed E-state index contributed by atoms with van der Waals surface area (Å²) in [4.78, 5) is 12.3. The molecule has 3 aromatic rings. The molecule has 0 spiro atoms. The lowest BCUT2D eigenvalue weighted by atomic mass is 10.2. The Morgan fingerprint density at radius 3 is 2.82 bits per heavy atom. The van der Waals surface area contributed by atoms with Crippen LogP contribution in [0.1, 0.15) is 11.3 Å². The van der Waals surface area contributed by atoms with Gasteiger partial charge in [0.25, 0.3) is 0 Å². The molecule has 3 rings (SSSR count). The number of aromatic nitrogens is 3. The summed E-state index contributed by atoms with van der Waals surface area (Å²) in [5.41, 5.74) is 3.90. The van der Waals surface area contributed by atoms with Crippen molar-refractivity contribution in [1.82, 2.24) is 15.0 Å². The normalized spacial score (nSPS) is 10.9. The average Bonchev–Trinajstić information content (AvgIpc) is 2.95. The lowest BCUT2D eigenvalue weighted by Gasteiger charge is -2.05. The maximum absolute atomic E-state index is 5.32. The van der Waals surface area contributed by atoms with Crippen molar-refractivity contribution >= 4 is 22.8 Å². The van der Waals surface area contributed by atoms with E-state index in [-0.39, 0.29) is 0 Å². The van der Waals surface area contributed by atoms with Gasteiger partial charge in [-0.1, -0.05) is 11.8 Å². The van der Waals surface area contributed by atoms with Crippen molar-refractivity contribution in [2.45, 2.75) is 17.8 Å². The molecule has 0 aliphatic rings. The number of nitrogens with zero attached hydrogens (tertiary/aromatic N) is 2. The Hall–Kier alpha value is -2.21. The van der Waals surface area contributed by atoms with Crippen LogP contribution in [-0.4, -0.2) is 29.2 Å². The van der Waals surface area contributed by atoms with Gasteiger partial charge in [0.1, 0.15) is 11.5 Å². The summed E-state index contributed by atoms with van der Waals surface area (Å²) in [5, 5.41) is 0.865. The Kier molecular flexibility index (Phi) is 4.20. The van der Waals surface area contributed by atoms with Crippen molar-refractivity contribution < 1.29 is 9.47 Å². The van der Waals surface area contributed by atoms with Crippen LogP contribution in [0.15, 0.2) is 35.6 Å². The Labute approximate surface area is 133 Å². The third kappa shape index (κ3) is 3.01. The number of hydrogen-bond donors (Lipinski definition) is 1. The predicted octanol–water partition coefficient (Wildman–Crippen LogP) is 3.58. The molecule has 0 amide bonds. The van der Waals surface area contributed by atoms with Crippen LogP contribution in [0.25, 0.3) is 11.0 Å². The zero-order chi connectivity index (χ0) is 15.5. The average molecular weight is 315 g/mol. The molecular weight excluding hydrogens is 298 g/mol. The molecule has 2 heterocycles. The molecule has 0 unspecified atom stereocenters. The van der Waals surface area contributed by atoms with E-state index >= 15 is 0 Å². The van der Waals surface area contributed by atoms with Crippen molar-refractivity contribution in [3.8, 4) is 11.5 Å². The standard InChI is InChI=1S/C16H17N3O2S/c1-10-8-17-11(6-15(10)21-3)9-22-16-18-13-5-4-12(20-2)7-14(13)19-16/h4-8H,9H2,1-3H3,(H,18,19). The third-order valence-electron chi connectivity index (χ3n) is 3.35. The van der Waals surface area contributed by atoms with Crippen LogP contribution in [0.2, 0.25) is 0 Å². The molecule has 0 aliphatic carbocycles. The Morgan fingerprint density at radius 1 is 1.18 bits per heavy atom. The number of fused-ring (bicyclic) bond motifs is 1. The van der Waals surface area contributed by atoms with E-state index in [0.29, 0.717) is 0 Å². The van der Waals surface area contributed by atoms with Crippen LogP contribution < -0.4 is 9.47 Å². The van der Waals surface area contributed by atoms with Crippen LogP contribution in [0.4, 0.5) is 0 Å². The van der Waals surface area contributed by atoms with Gasteiger partial charge >= 0.3 is 0 Å². The Bertz CT molecular complexity index is 801. The molecule has 6 heteroatoms. The largest absolute Gasteiger partial charge is 0.497 e. The van der Waals surface area contributed by atoms with Gasteiger partial charge < -0.3 is 14.5 Å². The quantitative estimate of drug-likeness (QED) is 0.729. The summed E-state index contributed by atoms with van der Waals surface area (Å²) < 4.78 is 10.5. The van der Waals surface area contributed by atoms with Gasteiger partial charge in [-0.2, -0.15) is 0 Å². The van der Waals surface area contributed by atoms with Gasteiger partial charge in [0.2, 0.25) is 0 Å². The van der Waals surface area contributed by atoms with Gasteiger partial charge in [0, 0.05) is 29.6 Å². The zero-order valence-corrected chi connectivity index (χ0v) is 13.5. The van der Waals surface area contributed by atoms with Crippen LogP contribution >= 0.6 is 11.8 Å². The second-order valence-electron chi connectivity index (χ2n) is 4.86. The second-order valence-corrected chi connectivity index (χ2v) is 5.82. The number of methoxy groups -OCH3 is 2. The molecule has 0 saturated heterocycles. The highest BCUT2D eigenvalue weighted by molar-refractivity contribution is 7.98. The molecule has 0 radical (unpaired) electrons. The van der Waals surface area contributed by atoms with Gasteiger partial charge in [-0.25, -0.2) is 4.98 Å². The summed E-state index contributed by atoms with van der Waals surface area (Å²) in [6.45, 7) is 1.98. The number of thioether (sulfide) groups is 1. The van der Waals surface area contributed by atoms with Crippen LogP contribution in [0, 0.1) is 6.92 Å². The number of rotatable bonds is 5. The third-order valence-corrected chi connectivity index (χ3v) is 4.26. The van der Waals surface area contributed by atoms with Gasteiger partial charge in [-0.05, 0) is 19.1 Å². The summed E-state index contributed by atoms with van der Waals surface area (Å²) in [5.74, 6) is 2.41. The smallest absolute Gasteiger partial charge is 0.166 e. The second kappa shape index (κ2) is 6.27. The van der Waals surface area contributed by atoms with E-state index in [4.69, 9.17) is 9.47 Å². The number of imidazole rings is 1. The lowest BCUT2D eigenvalue weighted by molar-refractivity contribution is 0.410. The predicted molar refractivity (Wildman–Crippen MR) is 87.7 cm³/mol. The minimum Gasteiger partial charge on any atom is -0.497 e. The number of nitrogens with one attached hydrogen (secondary N) is 1. The SMILES string of the molecule is COc1ccc2nc(SCc3cc(OC)c(C)cn3)[nH]c2c1. The molecule has 114 valence electrons. The van der Waals surface area contributed by atoms with Gasteiger partial charge in [0.15, 0.2) is 5.16 Å². The topological polar surface area (TPSA) is 60.0 Å². The number of pyridine rings is 1. The summed E-state index contributed by atoms with van der Waals surface area (Å²) in [7, 11) is 3.33. The minimum atomic E-state index is 0.730. The molecule has 0 fully saturated rings. The highest BCUT2D eigenvalue weighted by Crippen LogP contribution is 2.26. The molecule has 1 aromatic carbocycles. The first-order valence-corrected chi connectivity index (χ1v) is 7.84. The van der Waals surface area contributed by atoms with Crippen LogP contribution in [-0.2, 0) is 5.75 Å². The maximum atomic E-state index is 5.32. The fourth-order valence-corrected chi connectivity index (χ4v) is 2.94. The highest BCUT2D eigenvalue weighted by atomic mass is 32.2. The number of aromatic amines is 1. The van der Waals surface area contributed by atoms with E-state index in [1.54, 1.807) is 26.0 Å². The van der Waals surface area contributed by atoms with Crippen molar-refractivity contribution in [2.75, 3.05) is 14.2 Å². The van der Waals surface area contributed by atoms with Crippen molar-refractivity contribution in [2.24, 2.45) is 0 Å². The molecule has 0 bridgehead atoms. The summed E-state index contributed by atoms with van der Waals surface area (Å²) >= 11 is 1.61. The van der Waals surface area contributed by atoms with Crippen LogP contribution in [0.5, 0.6) is 11.5 Å². The number of H-pyrrole nitrogens is 1. The maximum Gasteiger partial charge on any atom is 0.166 e. The molecule has 0 atom stereocenters. The lowest BCUT2D eigenvalue weighted by Crippen LogP contribution is -1.93. The number of benzene rings is 1. The van der Waals surface area contributed by atoms with E-state index in [1.807, 2.05) is 37.4 Å². The fraction of sp³-hybridized carbons (Fsp3) is 0.250. The van der Waals surface area contributed by atoms with E-state index < -0.39 is 0 Å². The molecule has 0 aliphatic heterocycles. The molecule has 5 nitrogen and oxygen atoms in total. The molecule has 0 saturated carbocycles. The first-order valence-electron chi connectivity index (χ1n) is 6.85. The van der Waals surface area contributed by atoms with Crippen molar-refractivity contribution in [1.29, 1.82) is 0 Å². The molecule has 1 N–H and O–H groups in total. The van der Waals surface area contributed by atoms with E-state index in [9.17, 15) is 0 Å². The van der Waals surface area contributed by atoms with Crippen molar-refractivity contribution in [3.05, 3.63) is 41.7 Å². The minimum absolute atomic E-state index is 0.730. The van der Waals surface area contributed by atoms with Crippen molar-refractivity contribution in [3.63, 3.8) is 0 Å². The number of hydrogen-bond acceptors (Lipinski definition) is 5. The summed E-state index contributed by atoms with van der Waals surface area (Å²) in [6, 6.07) is 7.76. The van der Waals surface area contributed by atoms with Crippen LogP contribution in [0.3, 0.4) is 0 Å². The number of aryl methyl sites for hydroxylation is 1. The highest BCUT2D eigenvalue weighted by Gasteiger charge is 2.07. The van der Waals surface area contributed by atoms with Gasteiger partial charge in [0.05, 0.1) is 30.9 Å². The van der Waals surface area contributed by atoms with Gasteiger partial charge in [-0.15, -0.1) is 0 Å². The van der Waals surface area contributed by atoms with E-state index in [2.05, 4.69) is 15.0 Å². The first-order chi connectivity index (χ1) is 10.7. The zero-order valence-electron chi connectivity index (χ0n) is 12.7. The molecule has 2 aromatic heterocycles. The monoisotopic (exact) mass is 315 g/mol.